The second kappa shape index (κ2) is 9.12. The Morgan fingerprint density at radius 3 is 2.69 bits per heavy atom. The van der Waals surface area contributed by atoms with Crippen LogP contribution >= 0.6 is 11.8 Å². The van der Waals surface area contributed by atoms with Gasteiger partial charge in [0.2, 0.25) is 15.9 Å². The van der Waals surface area contributed by atoms with Crippen LogP contribution in [0.3, 0.4) is 0 Å². The van der Waals surface area contributed by atoms with Gasteiger partial charge in [0.25, 0.3) is 0 Å². The van der Waals surface area contributed by atoms with Crippen molar-refractivity contribution in [2.24, 2.45) is 7.05 Å². The number of carbonyl (C=O) groups is 1. The van der Waals surface area contributed by atoms with Crippen LogP contribution in [0.2, 0.25) is 0 Å². The molecular formula is C19H25N5O5S3. The van der Waals surface area contributed by atoms with Crippen molar-refractivity contribution in [2.45, 2.75) is 35.2 Å². The van der Waals surface area contributed by atoms with Crippen molar-refractivity contribution < 1.29 is 21.6 Å². The van der Waals surface area contributed by atoms with Crippen LogP contribution in [-0.2, 0) is 31.7 Å². The molecule has 1 aromatic carbocycles. The van der Waals surface area contributed by atoms with Gasteiger partial charge in [-0.05, 0) is 37.5 Å². The molecule has 32 heavy (non-hydrogen) atoms. The number of hydrogen-bond donors (Lipinski definition) is 1. The van der Waals surface area contributed by atoms with E-state index in [0.717, 1.165) is 12.8 Å². The van der Waals surface area contributed by atoms with E-state index >= 15 is 0 Å². The fraction of sp³-hybridized carbons (Fsp3) is 0.526. The van der Waals surface area contributed by atoms with Gasteiger partial charge >= 0.3 is 0 Å². The van der Waals surface area contributed by atoms with Gasteiger partial charge in [-0.1, -0.05) is 17.8 Å². The maximum absolute atomic E-state index is 12.7. The van der Waals surface area contributed by atoms with Gasteiger partial charge in [0.1, 0.15) is 5.82 Å². The molecule has 2 aliphatic heterocycles. The fourth-order valence-electron chi connectivity index (χ4n) is 3.95. The number of thioether (sulfide) groups is 1. The molecule has 0 aliphatic carbocycles. The molecule has 2 aliphatic rings. The highest BCUT2D eigenvalue weighted by molar-refractivity contribution is 7.99. The highest BCUT2D eigenvalue weighted by Gasteiger charge is 2.32. The molecule has 3 heterocycles. The summed E-state index contributed by atoms with van der Waals surface area (Å²) in [5, 5.41) is 11.5. The van der Waals surface area contributed by atoms with Gasteiger partial charge in [0, 0.05) is 31.7 Å². The molecule has 1 atom stereocenters. The van der Waals surface area contributed by atoms with E-state index in [9.17, 15) is 21.6 Å². The molecule has 1 N–H and O–H groups in total. The number of hydrogen-bond acceptors (Lipinski definition) is 8. The highest BCUT2D eigenvalue weighted by atomic mass is 32.2. The first-order valence-electron chi connectivity index (χ1n) is 10.3. The summed E-state index contributed by atoms with van der Waals surface area (Å²) in [6.07, 6.45) is 2.23. The minimum atomic E-state index is -3.56. The number of sulfonamides is 1. The lowest BCUT2D eigenvalue weighted by molar-refractivity contribution is -0.113. The van der Waals surface area contributed by atoms with Crippen molar-refractivity contribution in [3.8, 4) is 0 Å². The fourth-order valence-corrected chi connectivity index (χ4v) is 7.97. The van der Waals surface area contributed by atoms with E-state index < -0.39 is 19.9 Å². The van der Waals surface area contributed by atoms with Crippen molar-refractivity contribution in [1.82, 2.24) is 19.1 Å². The van der Waals surface area contributed by atoms with Crippen LogP contribution in [0.4, 0.5) is 5.69 Å². The van der Waals surface area contributed by atoms with Crippen molar-refractivity contribution >= 4 is 43.2 Å². The predicted octanol–water partition coefficient (Wildman–Crippen LogP) is 1.23. The molecule has 1 aromatic heterocycles. The summed E-state index contributed by atoms with van der Waals surface area (Å²) in [5.41, 5.74) is 0.408. The molecule has 0 spiro atoms. The second-order valence-corrected chi connectivity index (χ2v) is 13.1. The summed E-state index contributed by atoms with van der Waals surface area (Å²) < 4.78 is 52.1. The van der Waals surface area contributed by atoms with Gasteiger partial charge in [-0.3, -0.25) is 4.79 Å². The van der Waals surface area contributed by atoms with E-state index in [4.69, 9.17) is 0 Å². The minimum absolute atomic E-state index is 0.0536. The topological polar surface area (TPSA) is 131 Å². The lowest BCUT2D eigenvalue weighted by atomic mass is 10.1. The van der Waals surface area contributed by atoms with Gasteiger partial charge in [0.15, 0.2) is 15.0 Å². The second-order valence-electron chi connectivity index (χ2n) is 7.98. The summed E-state index contributed by atoms with van der Waals surface area (Å²) in [5.74, 6) is 0.398. The van der Waals surface area contributed by atoms with Crippen LogP contribution in [-0.4, -0.2) is 72.2 Å². The van der Waals surface area contributed by atoms with Crippen LogP contribution in [0, 0.1) is 0 Å². The van der Waals surface area contributed by atoms with Gasteiger partial charge in [-0.2, -0.15) is 4.31 Å². The molecule has 2 fully saturated rings. The van der Waals surface area contributed by atoms with Crippen molar-refractivity contribution in [1.29, 1.82) is 0 Å². The first kappa shape index (κ1) is 23.2. The van der Waals surface area contributed by atoms with Crippen molar-refractivity contribution in [3.05, 3.63) is 30.1 Å². The first-order valence-corrected chi connectivity index (χ1v) is 14.5. The number of amides is 1. The Bertz CT molecular complexity index is 1220. The Hall–Kier alpha value is -1.96. The normalized spacial score (nSPS) is 21.1. The zero-order chi connectivity index (χ0) is 22.9. The maximum atomic E-state index is 12.7. The van der Waals surface area contributed by atoms with Gasteiger partial charge < -0.3 is 9.88 Å². The molecule has 2 aromatic rings. The summed E-state index contributed by atoms with van der Waals surface area (Å²) in [7, 11) is -4.83. The van der Waals surface area contributed by atoms with Crippen LogP contribution in [0.5, 0.6) is 0 Å². The number of rotatable bonds is 7. The third-order valence-corrected chi connectivity index (χ3v) is 10.3. The Labute approximate surface area is 191 Å². The molecule has 10 nitrogen and oxygen atoms in total. The maximum Gasteiger partial charge on any atom is 0.243 e. The van der Waals surface area contributed by atoms with Crippen LogP contribution < -0.4 is 5.32 Å². The van der Waals surface area contributed by atoms with Gasteiger partial charge in [-0.25, -0.2) is 16.8 Å². The summed E-state index contributed by atoms with van der Waals surface area (Å²) >= 11 is 1.19. The molecule has 13 heteroatoms. The van der Waals surface area contributed by atoms with Crippen LogP contribution in [0.25, 0.3) is 0 Å². The molecule has 2 saturated heterocycles. The number of sulfone groups is 1. The van der Waals surface area contributed by atoms with E-state index in [2.05, 4.69) is 15.5 Å². The Morgan fingerprint density at radius 1 is 1.25 bits per heavy atom. The average molecular weight is 500 g/mol. The number of aromatic nitrogens is 3. The Balaban J connectivity index is 1.37. The molecule has 0 saturated carbocycles. The Kier molecular flexibility index (Phi) is 6.61. The highest BCUT2D eigenvalue weighted by Crippen LogP contribution is 2.29. The van der Waals surface area contributed by atoms with Crippen molar-refractivity contribution in [2.75, 3.05) is 35.7 Å². The summed E-state index contributed by atoms with van der Waals surface area (Å²) in [6.45, 7) is 1.03. The number of nitrogens with zero attached hydrogens (tertiary/aromatic N) is 4. The standard InChI is InChI=1S/C19H25N5O5S3/c1-23-18(14-7-10-31(26,27)13-14)21-22-19(23)30-12-17(25)20-15-5-4-6-16(11-15)32(28,29)24-8-2-3-9-24/h4-6,11,14H,2-3,7-10,12-13H2,1H3,(H,20,25). The smallest absolute Gasteiger partial charge is 0.243 e. The monoisotopic (exact) mass is 499 g/mol. The zero-order valence-electron chi connectivity index (χ0n) is 17.6. The summed E-state index contributed by atoms with van der Waals surface area (Å²) in [4.78, 5) is 12.6. The van der Waals surface area contributed by atoms with Gasteiger partial charge in [-0.15, -0.1) is 10.2 Å². The third-order valence-electron chi connectivity index (χ3n) is 5.62. The van der Waals surface area contributed by atoms with Crippen LogP contribution in [0.15, 0.2) is 34.3 Å². The molecule has 4 rings (SSSR count). The predicted molar refractivity (Wildman–Crippen MR) is 121 cm³/mol. The molecule has 0 bridgehead atoms. The number of anilines is 1. The van der Waals surface area contributed by atoms with E-state index in [1.807, 2.05) is 0 Å². The largest absolute Gasteiger partial charge is 0.325 e. The van der Waals surface area contributed by atoms with Crippen molar-refractivity contribution in [3.63, 3.8) is 0 Å². The van der Waals surface area contributed by atoms with E-state index in [1.165, 1.54) is 28.2 Å². The molecule has 174 valence electrons. The van der Waals surface area contributed by atoms with E-state index in [0.29, 0.717) is 36.2 Å². The molecule has 1 unspecified atom stereocenters. The zero-order valence-corrected chi connectivity index (χ0v) is 20.0. The quantitative estimate of drug-likeness (QED) is 0.563. The number of carbonyl (C=O) groups excluding carboxylic acids is 1. The molecule has 0 radical (unpaired) electrons. The first-order chi connectivity index (χ1) is 15.2. The SMILES string of the molecule is Cn1c(SCC(=O)Nc2cccc(S(=O)(=O)N3CCCC3)c2)nnc1C1CCS(=O)(=O)C1. The number of nitrogens with one attached hydrogen (secondary N) is 1. The van der Waals surface area contributed by atoms with E-state index in [-0.39, 0.29) is 34.0 Å². The van der Waals surface area contributed by atoms with E-state index in [1.54, 1.807) is 23.7 Å². The minimum Gasteiger partial charge on any atom is -0.325 e. The lowest BCUT2D eigenvalue weighted by Crippen LogP contribution is -2.28. The third kappa shape index (κ3) is 5.00. The van der Waals surface area contributed by atoms with Crippen LogP contribution in [0.1, 0.15) is 31.0 Å². The summed E-state index contributed by atoms with van der Waals surface area (Å²) in [6, 6.07) is 6.25. The molecular weight excluding hydrogens is 474 g/mol. The number of benzene rings is 1. The van der Waals surface area contributed by atoms with Gasteiger partial charge in [0.05, 0.1) is 22.2 Å². The lowest BCUT2D eigenvalue weighted by Gasteiger charge is -2.16. The molecule has 1 amide bonds. The Morgan fingerprint density at radius 2 is 2.00 bits per heavy atom. The average Bonchev–Trinajstić information content (AvgIpc) is 3.47.